The molecule has 0 radical (unpaired) electrons. The number of rotatable bonds is 6. The number of anilines is 1. The molecule has 0 aromatic heterocycles. The van der Waals surface area contributed by atoms with Gasteiger partial charge in [0.2, 0.25) is 0 Å². The number of hydrogen-bond donors (Lipinski definition) is 2. The van der Waals surface area contributed by atoms with Crippen LogP contribution in [-0.2, 0) is 6.42 Å². The molecule has 0 bridgehead atoms. The number of nitrogens with one attached hydrogen (secondary N) is 1. The Balaban J connectivity index is 2.52. The van der Waals surface area contributed by atoms with Crippen molar-refractivity contribution in [2.45, 2.75) is 52.5 Å². The maximum absolute atomic E-state index is 5.97. The van der Waals surface area contributed by atoms with Crippen LogP contribution >= 0.6 is 0 Å². The van der Waals surface area contributed by atoms with E-state index in [2.05, 4.69) is 51.2 Å². The first-order chi connectivity index (χ1) is 7.94. The van der Waals surface area contributed by atoms with Crippen molar-refractivity contribution < 1.29 is 0 Å². The Hall–Kier alpha value is -1.02. The molecular weight excluding hydrogens is 208 g/mol. The number of para-hydroxylation sites is 1. The minimum absolute atomic E-state index is 0.0546. The summed E-state index contributed by atoms with van der Waals surface area (Å²) in [4.78, 5) is 0. The van der Waals surface area contributed by atoms with Gasteiger partial charge in [0.05, 0.1) is 0 Å². The molecule has 17 heavy (non-hydrogen) atoms. The lowest BCUT2D eigenvalue weighted by Crippen LogP contribution is -2.32. The molecule has 0 aliphatic carbocycles. The van der Waals surface area contributed by atoms with E-state index in [1.54, 1.807) is 0 Å². The zero-order valence-electron chi connectivity index (χ0n) is 11.6. The molecule has 0 unspecified atom stereocenters. The summed E-state index contributed by atoms with van der Waals surface area (Å²) in [5.74, 6) is 0. The van der Waals surface area contributed by atoms with E-state index >= 15 is 0 Å². The van der Waals surface area contributed by atoms with Crippen molar-refractivity contribution in [1.82, 2.24) is 0 Å². The number of nitrogens with two attached hydrogens (primary N) is 1. The molecule has 0 fully saturated rings. The second kappa shape index (κ2) is 6.06. The van der Waals surface area contributed by atoms with E-state index in [1.807, 2.05) is 0 Å². The number of hydrogen-bond acceptors (Lipinski definition) is 2. The van der Waals surface area contributed by atoms with Gasteiger partial charge >= 0.3 is 0 Å². The predicted molar refractivity (Wildman–Crippen MR) is 76.5 cm³/mol. The molecule has 3 N–H and O–H groups in total. The summed E-state index contributed by atoms with van der Waals surface area (Å²) in [7, 11) is 0. The molecule has 1 aromatic rings. The first kappa shape index (κ1) is 14.0. The fraction of sp³-hybridized carbons (Fsp3) is 0.600. The lowest BCUT2D eigenvalue weighted by Gasteiger charge is -2.19. The monoisotopic (exact) mass is 234 g/mol. The van der Waals surface area contributed by atoms with Crippen LogP contribution in [0.15, 0.2) is 18.2 Å². The van der Waals surface area contributed by atoms with Gasteiger partial charge in [0.1, 0.15) is 0 Å². The minimum atomic E-state index is -0.0546. The van der Waals surface area contributed by atoms with Crippen LogP contribution in [0.4, 0.5) is 5.69 Å². The van der Waals surface area contributed by atoms with Crippen LogP contribution in [-0.4, -0.2) is 12.1 Å². The first-order valence-electron chi connectivity index (χ1n) is 6.55. The van der Waals surface area contributed by atoms with E-state index in [0.717, 1.165) is 25.8 Å². The third-order valence-corrected chi connectivity index (χ3v) is 3.04. The normalized spacial score (nSPS) is 11.6. The van der Waals surface area contributed by atoms with Crippen molar-refractivity contribution in [2.75, 3.05) is 11.9 Å². The molecule has 0 aliphatic rings. The molecule has 0 heterocycles. The van der Waals surface area contributed by atoms with Crippen molar-refractivity contribution in [1.29, 1.82) is 0 Å². The second-order valence-electron chi connectivity index (χ2n) is 5.48. The molecule has 0 saturated carbocycles. The molecule has 0 saturated heterocycles. The molecular formula is C15H26N2. The molecule has 2 nitrogen and oxygen atoms in total. The van der Waals surface area contributed by atoms with Crippen LogP contribution < -0.4 is 11.1 Å². The molecule has 0 amide bonds. The smallest absolute Gasteiger partial charge is 0.0402 e. The van der Waals surface area contributed by atoms with Gasteiger partial charge in [-0.3, -0.25) is 0 Å². The fourth-order valence-electron chi connectivity index (χ4n) is 2.03. The maximum Gasteiger partial charge on any atom is 0.0402 e. The zero-order valence-corrected chi connectivity index (χ0v) is 11.6. The van der Waals surface area contributed by atoms with Crippen LogP contribution in [0.25, 0.3) is 0 Å². The van der Waals surface area contributed by atoms with Crippen molar-refractivity contribution >= 4 is 5.69 Å². The van der Waals surface area contributed by atoms with Crippen LogP contribution in [0.2, 0.25) is 0 Å². The summed E-state index contributed by atoms with van der Waals surface area (Å²) in [5.41, 5.74) is 9.96. The summed E-state index contributed by atoms with van der Waals surface area (Å²) < 4.78 is 0. The van der Waals surface area contributed by atoms with Crippen LogP contribution in [0.1, 0.15) is 44.7 Å². The van der Waals surface area contributed by atoms with E-state index in [1.165, 1.54) is 16.8 Å². The molecule has 1 aromatic carbocycles. The second-order valence-corrected chi connectivity index (χ2v) is 5.48. The highest BCUT2D eigenvalue weighted by atomic mass is 14.9. The van der Waals surface area contributed by atoms with E-state index in [-0.39, 0.29) is 5.54 Å². The summed E-state index contributed by atoms with van der Waals surface area (Å²) in [6.07, 6.45) is 3.24. The Labute approximate surface area is 106 Å². The van der Waals surface area contributed by atoms with Gasteiger partial charge in [-0.25, -0.2) is 0 Å². The van der Waals surface area contributed by atoms with Gasteiger partial charge in [-0.05, 0) is 51.2 Å². The van der Waals surface area contributed by atoms with Crippen molar-refractivity contribution in [3.05, 3.63) is 29.3 Å². The Bertz CT molecular complexity index is 350. The largest absolute Gasteiger partial charge is 0.385 e. The summed E-state index contributed by atoms with van der Waals surface area (Å²) in [6.45, 7) is 9.52. The summed E-state index contributed by atoms with van der Waals surface area (Å²) >= 11 is 0. The Morgan fingerprint density at radius 2 is 2.00 bits per heavy atom. The topological polar surface area (TPSA) is 38.0 Å². The van der Waals surface area contributed by atoms with Gasteiger partial charge in [0.25, 0.3) is 0 Å². The highest BCUT2D eigenvalue weighted by Gasteiger charge is 2.09. The number of aryl methyl sites for hydroxylation is 2. The Morgan fingerprint density at radius 1 is 1.29 bits per heavy atom. The molecule has 0 atom stereocenters. The minimum Gasteiger partial charge on any atom is -0.385 e. The SMILES string of the molecule is CCc1cccc(C)c1NCCCC(C)(C)N. The average molecular weight is 234 g/mol. The van der Waals surface area contributed by atoms with Crippen LogP contribution in [0, 0.1) is 6.92 Å². The van der Waals surface area contributed by atoms with Crippen molar-refractivity contribution in [3.63, 3.8) is 0 Å². The highest BCUT2D eigenvalue weighted by molar-refractivity contribution is 5.57. The lowest BCUT2D eigenvalue weighted by atomic mass is 10.00. The van der Waals surface area contributed by atoms with Gasteiger partial charge in [-0.2, -0.15) is 0 Å². The van der Waals surface area contributed by atoms with E-state index < -0.39 is 0 Å². The first-order valence-corrected chi connectivity index (χ1v) is 6.55. The average Bonchev–Trinajstić information content (AvgIpc) is 2.24. The van der Waals surface area contributed by atoms with Gasteiger partial charge in [-0.1, -0.05) is 25.1 Å². The standard InChI is InChI=1S/C15H26N2/c1-5-13-9-6-8-12(2)14(13)17-11-7-10-15(3,4)16/h6,8-9,17H,5,7,10-11,16H2,1-4H3. The Morgan fingerprint density at radius 3 is 2.59 bits per heavy atom. The van der Waals surface area contributed by atoms with Gasteiger partial charge < -0.3 is 11.1 Å². The van der Waals surface area contributed by atoms with Crippen LogP contribution in [0.3, 0.4) is 0 Å². The van der Waals surface area contributed by atoms with Crippen molar-refractivity contribution in [2.24, 2.45) is 5.73 Å². The molecule has 0 aliphatic heterocycles. The summed E-state index contributed by atoms with van der Waals surface area (Å²) in [6, 6.07) is 6.49. The fourth-order valence-corrected chi connectivity index (χ4v) is 2.03. The molecule has 1 rings (SSSR count). The molecule has 2 heteroatoms. The quantitative estimate of drug-likeness (QED) is 0.739. The third kappa shape index (κ3) is 4.78. The Kier molecular flexibility index (Phi) is 5.01. The molecule has 96 valence electrons. The van der Waals surface area contributed by atoms with Gasteiger partial charge in [-0.15, -0.1) is 0 Å². The summed E-state index contributed by atoms with van der Waals surface area (Å²) in [5, 5.41) is 3.55. The van der Waals surface area contributed by atoms with E-state index in [4.69, 9.17) is 5.73 Å². The van der Waals surface area contributed by atoms with E-state index in [9.17, 15) is 0 Å². The van der Waals surface area contributed by atoms with E-state index in [0.29, 0.717) is 0 Å². The maximum atomic E-state index is 5.97. The zero-order chi connectivity index (χ0) is 12.9. The lowest BCUT2D eigenvalue weighted by molar-refractivity contribution is 0.465. The number of benzene rings is 1. The predicted octanol–water partition coefficient (Wildman–Crippen LogP) is 3.49. The van der Waals surface area contributed by atoms with Gasteiger partial charge in [0.15, 0.2) is 0 Å². The van der Waals surface area contributed by atoms with Crippen LogP contribution in [0.5, 0.6) is 0 Å². The third-order valence-electron chi connectivity index (χ3n) is 3.04. The van der Waals surface area contributed by atoms with Gasteiger partial charge in [0, 0.05) is 17.8 Å². The molecule has 0 spiro atoms. The highest BCUT2D eigenvalue weighted by Crippen LogP contribution is 2.21. The van der Waals surface area contributed by atoms with Crippen molar-refractivity contribution in [3.8, 4) is 0 Å².